The van der Waals surface area contributed by atoms with Crippen molar-refractivity contribution in [3.63, 3.8) is 0 Å². The lowest BCUT2D eigenvalue weighted by Crippen LogP contribution is -2.18. The van der Waals surface area contributed by atoms with Crippen LogP contribution in [0.5, 0.6) is 11.5 Å². The number of nitrogens with zero attached hydrogens (tertiary/aromatic N) is 1. The van der Waals surface area contributed by atoms with Gasteiger partial charge in [-0.3, -0.25) is 0 Å². The van der Waals surface area contributed by atoms with Gasteiger partial charge in [0.1, 0.15) is 0 Å². The fraction of sp³-hybridized carbons (Fsp3) is 0.188. The molecule has 6 nitrogen and oxygen atoms in total. The van der Waals surface area contributed by atoms with E-state index in [2.05, 4.69) is 9.93 Å². The Morgan fingerprint density at radius 1 is 1.04 bits per heavy atom. The molecule has 0 saturated carbocycles. The van der Waals surface area contributed by atoms with Gasteiger partial charge in [-0.1, -0.05) is 6.07 Å². The van der Waals surface area contributed by atoms with Gasteiger partial charge >= 0.3 is 0 Å². The van der Waals surface area contributed by atoms with E-state index in [-0.39, 0.29) is 11.7 Å². The largest absolute Gasteiger partial charge is 0.454 e. The molecule has 0 aliphatic carbocycles. The van der Waals surface area contributed by atoms with E-state index in [4.69, 9.17) is 9.47 Å². The third kappa shape index (κ3) is 3.29. The van der Waals surface area contributed by atoms with Crippen molar-refractivity contribution in [1.29, 1.82) is 0 Å². The third-order valence-corrected chi connectivity index (χ3v) is 4.79. The molecule has 2 aromatic carbocycles. The first kappa shape index (κ1) is 15.4. The minimum absolute atomic E-state index is 0.184. The van der Waals surface area contributed by atoms with Gasteiger partial charge in [-0.2, -0.15) is 13.5 Å². The second-order valence-electron chi connectivity index (χ2n) is 5.21. The van der Waals surface area contributed by atoms with E-state index in [0.717, 1.165) is 11.1 Å². The van der Waals surface area contributed by atoms with Crippen LogP contribution in [0.1, 0.15) is 16.7 Å². The number of rotatable bonds is 4. The monoisotopic (exact) mass is 332 g/mol. The molecular formula is C16H16N2O4S. The number of hydrogen-bond donors (Lipinski definition) is 1. The van der Waals surface area contributed by atoms with Crippen LogP contribution in [0.2, 0.25) is 0 Å². The average molecular weight is 332 g/mol. The highest BCUT2D eigenvalue weighted by Crippen LogP contribution is 2.31. The zero-order chi connectivity index (χ0) is 16.4. The molecule has 1 heterocycles. The quantitative estimate of drug-likeness (QED) is 0.689. The van der Waals surface area contributed by atoms with Crippen LogP contribution in [0.25, 0.3) is 0 Å². The average Bonchev–Trinajstić information content (AvgIpc) is 2.97. The van der Waals surface area contributed by atoms with E-state index < -0.39 is 10.0 Å². The number of fused-ring (bicyclic) bond motifs is 1. The van der Waals surface area contributed by atoms with Gasteiger partial charge in [0.2, 0.25) is 6.79 Å². The molecule has 3 rings (SSSR count). The van der Waals surface area contributed by atoms with Crippen molar-refractivity contribution >= 4 is 16.2 Å². The van der Waals surface area contributed by atoms with Gasteiger partial charge in [0.05, 0.1) is 11.1 Å². The maximum absolute atomic E-state index is 12.2. The molecule has 0 amide bonds. The molecule has 0 radical (unpaired) electrons. The summed E-state index contributed by atoms with van der Waals surface area (Å²) in [7, 11) is -3.69. The molecule has 0 saturated heterocycles. The van der Waals surface area contributed by atoms with E-state index in [1.54, 1.807) is 36.4 Å². The van der Waals surface area contributed by atoms with Crippen LogP contribution in [0, 0.1) is 13.8 Å². The number of sulfonamides is 1. The molecular weight excluding hydrogens is 316 g/mol. The van der Waals surface area contributed by atoms with Crippen LogP contribution in [0.3, 0.4) is 0 Å². The van der Waals surface area contributed by atoms with Crippen LogP contribution in [0.4, 0.5) is 0 Å². The van der Waals surface area contributed by atoms with E-state index in [1.165, 1.54) is 6.21 Å². The molecule has 1 aliphatic heterocycles. The van der Waals surface area contributed by atoms with Crippen molar-refractivity contribution in [2.45, 2.75) is 18.7 Å². The van der Waals surface area contributed by atoms with Crippen LogP contribution < -0.4 is 14.3 Å². The SMILES string of the molecule is Cc1ccc(S(=O)(=O)N/N=C\c2ccc3c(c2)OCO3)cc1C. The van der Waals surface area contributed by atoms with Crippen LogP contribution in [0.15, 0.2) is 46.4 Å². The molecule has 0 unspecified atom stereocenters. The normalized spacial score (nSPS) is 13.5. The molecule has 0 atom stereocenters. The lowest BCUT2D eigenvalue weighted by atomic mass is 10.1. The van der Waals surface area contributed by atoms with Crippen molar-refractivity contribution in [3.05, 3.63) is 53.1 Å². The lowest BCUT2D eigenvalue weighted by Gasteiger charge is -2.06. The molecule has 1 N–H and O–H groups in total. The minimum Gasteiger partial charge on any atom is -0.454 e. The predicted molar refractivity (Wildman–Crippen MR) is 86.4 cm³/mol. The highest BCUT2D eigenvalue weighted by atomic mass is 32.2. The summed E-state index contributed by atoms with van der Waals surface area (Å²) in [6.07, 6.45) is 1.42. The number of benzene rings is 2. The summed E-state index contributed by atoms with van der Waals surface area (Å²) < 4.78 is 34.9. The van der Waals surface area contributed by atoms with Gasteiger partial charge in [0.15, 0.2) is 11.5 Å². The van der Waals surface area contributed by atoms with Gasteiger partial charge in [0.25, 0.3) is 10.0 Å². The summed E-state index contributed by atoms with van der Waals surface area (Å²) in [6, 6.07) is 10.2. The van der Waals surface area contributed by atoms with Crippen molar-refractivity contribution < 1.29 is 17.9 Å². The fourth-order valence-electron chi connectivity index (χ4n) is 2.10. The Hall–Kier alpha value is -2.54. The summed E-state index contributed by atoms with van der Waals surface area (Å²) >= 11 is 0. The van der Waals surface area contributed by atoms with Gasteiger partial charge in [-0.25, -0.2) is 4.83 Å². The van der Waals surface area contributed by atoms with E-state index in [9.17, 15) is 8.42 Å². The van der Waals surface area contributed by atoms with E-state index in [0.29, 0.717) is 17.1 Å². The van der Waals surface area contributed by atoms with Crippen LogP contribution >= 0.6 is 0 Å². The van der Waals surface area contributed by atoms with Crippen LogP contribution in [-0.4, -0.2) is 21.4 Å². The Labute approximate surface area is 134 Å². The highest BCUT2D eigenvalue weighted by Gasteiger charge is 2.14. The summed E-state index contributed by atoms with van der Waals surface area (Å²) in [5.41, 5.74) is 2.65. The first-order chi connectivity index (χ1) is 11.0. The second kappa shape index (κ2) is 5.92. The standard InChI is InChI=1S/C16H16N2O4S/c1-11-3-5-14(7-12(11)2)23(19,20)18-17-9-13-4-6-15-16(8-13)22-10-21-15/h3-9,18H,10H2,1-2H3/b17-9-. The zero-order valence-corrected chi connectivity index (χ0v) is 13.6. The molecule has 1 aliphatic rings. The number of ether oxygens (including phenoxy) is 2. The molecule has 0 aromatic heterocycles. The first-order valence-electron chi connectivity index (χ1n) is 6.97. The molecule has 0 fully saturated rings. The maximum atomic E-state index is 12.2. The van der Waals surface area contributed by atoms with E-state index in [1.807, 2.05) is 13.8 Å². The Balaban J connectivity index is 1.75. The number of nitrogens with one attached hydrogen (secondary N) is 1. The van der Waals surface area contributed by atoms with Crippen molar-refractivity contribution in [3.8, 4) is 11.5 Å². The Morgan fingerprint density at radius 3 is 2.61 bits per heavy atom. The Kier molecular flexibility index (Phi) is 3.96. The van der Waals surface area contributed by atoms with Gasteiger partial charge < -0.3 is 9.47 Å². The zero-order valence-electron chi connectivity index (χ0n) is 12.7. The Morgan fingerprint density at radius 2 is 1.83 bits per heavy atom. The van der Waals surface area contributed by atoms with E-state index >= 15 is 0 Å². The summed E-state index contributed by atoms with van der Waals surface area (Å²) in [4.78, 5) is 2.39. The van der Waals surface area contributed by atoms with Crippen molar-refractivity contribution in [2.75, 3.05) is 6.79 Å². The predicted octanol–water partition coefficient (Wildman–Crippen LogP) is 2.34. The molecule has 7 heteroatoms. The van der Waals surface area contributed by atoms with Gasteiger partial charge in [0, 0.05) is 0 Å². The summed E-state index contributed by atoms with van der Waals surface area (Å²) in [6.45, 7) is 3.98. The summed E-state index contributed by atoms with van der Waals surface area (Å²) in [5.74, 6) is 1.28. The fourth-order valence-corrected chi connectivity index (χ4v) is 2.97. The second-order valence-corrected chi connectivity index (χ2v) is 6.87. The topological polar surface area (TPSA) is 77.0 Å². The smallest absolute Gasteiger partial charge is 0.276 e. The van der Waals surface area contributed by atoms with Gasteiger partial charge in [-0.05, 0) is 60.9 Å². The number of aryl methyl sites for hydroxylation is 2. The lowest BCUT2D eigenvalue weighted by molar-refractivity contribution is 0.174. The number of hydrazone groups is 1. The molecule has 0 spiro atoms. The maximum Gasteiger partial charge on any atom is 0.276 e. The van der Waals surface area contributed by atoms with Crippen molar-refractivity contribution in [2.24, 2.45) is 5.10 Å². The molecule has 120 valence electrons. The van der Waals surface area contributed by atoms with Crippen LogP contribution in [-0.2, 0) is 10.0 Å². The van der Waals surface area contributed by atoms with Crippen molar-refractivity contribution in [1.82, 2.24) is 4.83 Å². The minimum atomic E-state index is -3.69. The highest BCUT2D eigenvalue weighted by molar-refractivity contribution is 7.89. The third-order valence-electron chi connectivity index (χ3n) is 3.57. The summed E-state index contributed by atoms with van der Waals surface area (Å²) in [5, 5.41) is 3.81. The Bertz CT molecular complexity index is 876. The van der Waals surface area contributed by atoms with Gasteiger partial charge in [-0.15, -0.1) is 0 Å². The first-order valence-corrected chi connectivity index (χ1v) is 8.46. The number of hydrogen-bond acceptors (Lipinski definition) is 5. The molecule has 0 bridgehead atoms. The molecule has 23 heavy (non-hydrogen) atoms. The molecule has 2 aromatic rings.